The van der Waals surface area contributed by atoms with E-state index in [1.165, 1.54) is 0 Å². The van der Waals surface area contributed by atoms with Crippen LogP contribution in [0.1, 0.15) is 11.1 Å². The molecule has 2 aliphatic rings. The van der Waals surface area contributed by atoms with E-state index in [4.69, 9.17) is 65.4 Å². The van der Waals surface area contributed by atoms with Gasteiger partial charge in [-0.15, -0.1) is 0 Å². The number of ether oxygens (including phenoxy) is 4. The first-order valence-corrected chi connectivity index (χ1v) is 15.1. The summed E-state index contributed by atoms with van der Waals surface area (Å²) in [5.74, 6) is 3.07. The van der Waals surface area contributed by atoms with Gasteiger partial charge in [-0.25, -0.2) is 0 Å². The van der Waals surface area contributed by atoms with Crippen molar-refractivity contribution < 1.29 is 18.9 Å². The van der Waals surface area contributed by atoms with Gasteiger partial charge in [-0.2, -0.15) is 0 Å². The van der Waals surface area contributed by atoms with Gasteiger partial charge in [0.2, 0.25) is 0 Å². The average molecular weight is 645 g/mol. The minimum Gasteiger partial charge on any atom is -0.497 e. The van der Waals surface area contributed by atoms with Crippen LogP contribution in [0, 0.1) is 0 Å². The molecule has 0 aliphatic carbocycles. The zero-order valence-corrected chi connectivity index (χ0v) is 26.4. The van der Waals surface area contributed by atoms with Crippen LogP contribution in [0.3, 0.4) is 0 Å². The summed E-state index contributed by atoms with van der Waals surface area (Å²) < 4.78 is 24.1. The maximum Gasteiger partial charge on any atom is 0.131 e. The standard InChI is InChI=1S/C33H29Cl4NO4/c1-38(16-24-10-18-8-21(35)12-28(32(18)41-24)26-6-4-20(34)14-30(26)37)17-25-11-19-9-22(36)13-29(33(19)42-25)27-7-5-23(39-2)15-31(27)40-3/h4-9,12-15,24-25H,10-11,16-17H2,1-3H3. The fourth-order valence-corrected chi connectivity index (χ4v) is 6.88. The van der Waals surface area contributed by atoms with E-state index in [-0.39, 0.29) is 12.2 Å². The number of hydrogen-bond donors (Lipinski definition) is 0. The van der Waals surface area contributed by atoms with Crippen LogP contribution >= 0.6 is 46.4 Å². The van der Waals surface area contributed by atoms with Crippen LogP contribution in [0.4, 0.5) is 0 Å². The van der Waals surface area contributed by atoms with Crippen LogP contribution in [0.5, 0.6) is 23.0 Å². The third-order valence-electron chi connectivity index (χ3n) is 7.68. The number of likely N-dealkylation sites (N-methyl/N-ethyl adjacent to an activating group) is 1. The number of halogens is 4. The van der Waals surface area contributed by atoms with Gasteiger partial charge in [0.05, 0.1) is 19.2 Å². The van der Waals surface area contributed by atoms with E-state index in [9.17, 15) is 0 Å². The summed E-state index contributed by atoms with van der Waals surface area (Å²) in [6, 6.07) is 19.0. The first-order valence-electron chi connectivity index (χ1n) is 13.6. The number of methoxy groups -OCH3 is 2. The van der Waals surface area contributed by atoms with Crippen LogP contribution in [0.25, 0.3) is 22.3 Å². The summed E-state index contributed by atoms with van der Waals surface area (Å²) in [6.07, 6.45) is 1.44. The zero-order chi connectivity index (χ0) is 29.5. The van der Waals surface area contributed by atoms with Crippen molar-refractivity contribution in [2.24, 2.45) is 0 Å². The largest absolute Gasteiger partial charge is 0.497 e. The molecule has 5 nitrogen and oxygen atoms in total. The Morgan fingerprint density at radius 2 is 1.24 bits per heavy atom. The fourth-order valence-electron chi connectivity index (χ4n) is 5.89. The minimum absolute atomic E-state index is 0.0342. The number of rotatable bonds is 8. The van der Waals surface area contributed by atoms with Crippen LogP contribution in [0.15, 0.2) is 60.7 Å². The second-order valence-corrected chi connectivity index (χ2v) is 12.4. The summed E-state index contributed by atoms with van der Waals surface area (Å²) >= 11 is 25.7. The third kappa shape index (κ3) is 5.86. The molecule has 2 unspecified atom stereocenters. The molecule has 42 heavy (non-hydrogen) atoms. The van der Waals surface area contributed by atoms with Crippen molar-refractivity contribution in [3.8, 4) is 45.3 Å². The van der Waals surface area contributed by atoms with Gasteiger partial charge in [-0.1, -0.05) is 52.5 Å². The molecule has 0 spiro atoms. The Hall–Kier alpha value is -2.80. The monoisotopic (exact) mass is 643 g/mol. The van der Waals surface area contributed by atoms with Crippen molar-refractivity contribution in [3.05, 3.63) is 91.9 Å². The number of fused-ring (bicyclic) bond motifs is 2. The lowest BCUT2D eigenvalue weighted by Crippen LogP contribution is -2.38. The van der Waals surface area contributed by atoms with Crippen molar-refractivity contribution in [1.29, 1.82) is 0 Å². The molecular weight excluding hydrogens is 616 g/mol. The van der Waals surface area contributed by atoms with Crippen molar-refractivity contribution in [2.75, 3.05) is 34.4 Å². The van der Waals surface area contributed by atoms with Gasteiger partial charge < -0.3 is 18.9 Å². The van der Waals surface area contributed by atoms with Crippen molar-refractivity contribution in [3.63, 3.8) is 0 Å². The highest BCUT2D eigenvalue weighted by Gasteiger charge is 2.32. The van der Waals surface area contributed by atoms with E-state index < -0.39 is 0 Å². The lowest BCUT2D eigenvalue weighted by molar-refractivity contribution is 0.126. The molecule has 0 saturated carbocycles. The quantitative estimate of drug-likeness (QED) is 0.192. The topological polar surface area (TPSA) is 40.2 Å². The predicted octanol–water partition coefficient (Wildman–Crippen LogP) is 8.89. The zero-order valence-electron chi connectivity index (χ0n) is 23.3. The highest BCUT2D eigenvalue weighted by molar-refractivity contribution is 6.36. The molecule has 0 radical (unpaired) electrons. The molecule has 4 aromatic rings. The maximum absolute atomic E-state index is 6.56. The lowest BCUT2D eigenvalue weighted by Gasteiger charge is -2.24. The fraction of sp³-hybridized carbons (Fsp3) is 0.273. The molecule has 2 heterocycles. The Kier molecular flexibility index (Phi) is 8.41. The van der Waals surface area contributed by atoms with E-state index in [2.05, 4.69) is 11.9 Å². The van der Waals surface area contributed by atoms with Gasteiger partial charge in [0.1, 0.15) is 35.2 Å². The molecular formula is C33H29Cl4NO4. The number of benzene rings is 4. The molecule has 218 valence electrons. The Morgan fingerprint density at radius 3 is 1.79 bits per heavy atom. The molecule has 9 heteroatoms. The first kappa shape index (κ1) is 29.3. The van der Waals surface area contributed by atoms with E-state index in [1.54, 1.807) is 20.3 Å². The SMILES string of the molecule is COc1ccc(-c2cc(Cl)cc3c2OC(CN(C)CC2Cc4cc(Cl)cc(-c5ccc(Cl)cc5Cl)c4O2)C3)c(OC)c1. The normalized spacial score (nSPS) is 17.0. The molecule has 0 saturated heterocycles. The van der Waals surface area contributed by atoms with Gasteiger partial charge >= 0.3 is 0 Å². The molecule has 0 bridgehead atoms. The summed E-state index contributed by atoms with van der Waals surface area (Å²) in [7, 11) is 5.36. The van der Waals surface area contributed by atoms with E-state index in [1.807, 2.05) is 54.6 Å². The third-order valence-corrected chi connectivity index (χ3v) is 8.66. The van der Waals surface area contributed by atoms with Crippen LogP contribution in [-0.2, 0) is 12.8 Å². The molecule has 6 rings (SSSR count). The highest BCUT2D eigenvalue weighted by atomic mass is 35.5. The molecule has 0 N–H and O–H groups in total. The van der Waals surface area contributed by atoms with E-state index in [0.29, 0.717) is 25.8 Å². The Bertz CT molecular complexity index is 1660. The van der Waals surface area contributed by atoms with Crippen molar-refractivity contribution >= 4 is 46.4 Å². The van der Waals surface area contributed by atoms with Gasteiger partial charge in [-0.3, -0.25) is 4.90 Å². The summed E-state index contributed by atoms with van der Waals surface area (Å²) in [5, 5.41) is 2.44. The first-order chi connectivity index (χ1) is 20.2. The Balaban J connectivity index is 1.16. The van der Waals surface area contributed by atoms with Gasteiger partial charge in [0, 0.05) is 69.3 Å². The second kappa shape index (κ2) is 12.1. The number of nitrogens with zero attached hydrogens (tertiary/aromatic N) is 1. The summed E-state index contributed by atoms with van der Waals surface area (Å²) in [5.41, 5.74) is 5.67. The lowest BCUT2D eigenvalue weighted by atomic mass is 9.99. The van der Waals surface area contributed by atoms with Crippen molar-refractivity contribution in [1.82, 2.24) is 4.90 Å². The van der Waals surface area contributed by atoms with Crippen LogP contribution in [-0.4, -0.2) is 51.5 Å². The average Bonchev–Trinajstić information content (AvgIpc) is 3.54. The summed E-state index contributed by atoms with van der Waals surface area (Å²) in [4.78, 5) is 2.25. The van der Waals surface area contributed by atoms with Crippen molar-refractivity contribution in [2.45, 2.75) is 25.0 Å². The number of hydrogen-bond acceptors (Lipinski definition) is 5. The Labute approximate surface area is 265 Å². The van der Waals surface area contributed by atoms with Gasteiger partial charge in [0.25, 0.3) is 0 Å². The van der Waals surface area contributed by atoms with E-state index >= 15 is 0 Å². The molecule has 4 aromatic carbocycles. The Morgan fingerprint density at radius 1 is 0.667 bits per heavy atom. The maximum atomic E-state index is 6.56. The molecule has 0 amide bonds. The van der Waals surface area contributed by atoms with Crippen LogP contribution < -0.4 is 18.9 Å². The highest BCUT2D eigenvalue weighted by Crippen LogP contribution is 2.46. The van der Waals surface area contributed by atoms with Gasteiger partial charge in [0.15, 0.2) is 0 Å². The minimum atomic E-state index is -0.0364. The van der Waals surface area contributed by atoms with Crippen LogP contribution in [0.2, 0.25) is 20.1 Å². The molecule has 0 aromatic heterocycles. The second-order valence-electron chi connectivity index (χ2n) is 10.7. The van der Waals surface area contributed by atoms with E-state index in [0.717, 1.165) is 76.6 Å². The molecule has 2 atom stereocenters. The molecule has 0 fully saturated rings. The smallest absolute Gasteiger partial charge is 0.131 e. The molecule has 2 aliphatic heterocycles. The van der Waals surface area contributed by atoms with Gasteiger partial charge in [-0.05, 0) is 66.7 Å². The summed E-state index contributed by atoms with van der Waals surface area (Å²) in [6.45, 7) is 1.44. The predicted molar refractivity (Wildman–Crippen MR) is 171 cm³/mol.